The lowest BCUT2D eigenvalue weighted by molar-refractivity contribution is 0.102. The molecule has 10 heteroatoms. The number of methoxy groups -OCH3 is 2. The van der Waals surface area contributed by atoms with Gasteiger partial charge in [0, 0.05) is 11.5 Å². The summed E-state index contributed by atoms with van der Waals surface area (Å²) >= 11 is 0. The standard InChI is InChI=1S/C25H23N3O6S/c1-16-8-11-19(12-9-16)35(30,31)28-27-25-20(14-17-6-4-5-7-22(17)34-25)24(29)26-21-15-18(32-2)10-13-23(21)33-3/h4-15,28H,1-3H3,(H,26,29). The van der Waals surface area contributed by atoms with Crippen molar-refractivity contribution < 1.29 is 27.1 Å². The Balaban J connectivity index is 1.76. The van der Waals surface area contributed by atoms with Gasteiger partial charge in [-0.05, 0) is 43.3 Å². The van der Waals surface area contributed by atoms with Gasteiger partial charge in [0.2, 0.25) is 5.55 Å². The number of amides is 1. The third-order valence-corrected chi connectivity index (χ3v) is 6.38. The van der Waals surface area contributed by atoms with Crippen LogP contribution < -0.4 is 25.2 Å². The van der Waals surface area contributed by atoms with Crippen LogP contribution in [0.1, 0.15) is 15.9 Å². The highest BCUT2D eigenvalue weighted by molar-refractivity contribution is 7.89. The van der Waals surface area contributed by atoms with E-state index < -0.39 is 15.9 Å². The summed E-state index contributed by atoms with van der Waals surface area (Å²) in [5, 5.41) is 7.33. The van der Waals surface area contributed by atoms with Gasteiger partial charge in [0.05, 0.1) is 24.8 Å². The second kappa shape index (κ2) is 9.90. The van der Waals surface area contributed by atoms with Crippen molar-refractivity contribution in [3.05, 3.63) is 89.5 Å². The van der Waals surface area contributed by atoms with Crippen molar-refractivity contribution in [2.75, 3.05) is 19.5 Å². The van der Waals surface area contributed by atoms with Crippen molar-refractivity contribution in [3.8, 4) is 11.5 Å². The third-order valence-electron chi connectivity index (χ3n) is 5.15. The first kappa shape index (κ1) is 23.8. The number of para-hydroxylation sites is 1. The molecule has 4 rings (SSSR count). The summed E-state index contributed by atoms with van der Waals surface area (Å²) in [6.07, 6.45) is 0. The number of rotatable bonds is 7. The van der Waals surface area contributed by atoms with Crippen LogP contribution in [-0.2, 0) is 10.0 Å². The van der Waals surface area contributed by atoms with Crippen LogP contribution in [0.15, 0.2) is 87.2 Å². The fraction of sp³-hybridized carbons (Fsp3) is 0.120. The quantitative estimate of drug-likeness (QED) is 0.378. The Kier molecular flexibility index (Phi) is 6.74. The number of carbonyl (C=O) groups excluding carboxylic acids is 1. The van der Waals surface area contributed by atoms with Crippen molar-refractivity contribution in [2.24, 2.45) is 5.10 Å². The molecule has 0 aliphatic heterocycles. The Morgan fingerprint density at radius 2 is 1.69 bits per heavy atom. The number of benzene rings is 3. The molecule has 0 saturated heterocycles. The lowest BCUT2D eigenvalue weighted by Gasteiger charge is -2.12. The van der Waals surface area contributed by atoms with Crippen molar-refractivity contribution in [2.45, 2.75) is 11.8 Å². The molecule has 0 saturated carbocycles. The molecule has 0 aliphatic rings. The lowest BCUT2D eigenvalue weighted by Crippen LogP contribution is -2.27. The molecule has 0 fully saturated rings. The van der Waals surface area contributed by atoms with Gasteiger partial charge in [0.1, 0.15) is 22.6 Å². The molecule has 0 unspecified atom stereocenters. The Morgan fingerprint density at radius 3 is 2.40 bits per heavy atom. The zero-order valence-corrected chi connectivity index (χ0v) is 20.0. The van der Waals surface area contributed by atoms with Crippen LogP contribution in [0.25, 0.3) is 11.0 Å². The summed E-state index contributed by atoms with van der Waals surface area (Å²) in [6, 6.07) is 19.8. The Labute approximate surface area is 202 Å². The molecule has 0 aliphatic carbocycles. The minimum atomic E-state index is -3.99. The van der Waals surface area contributed by atoms with E-state index >= 15 is 0 Å². The molecule has 0 spiro atoms. The number of sulfonamides is 1. The number of carbonyl (C=O) groups is 1. The predicted molar refractivity (Wildman–Crippen MR) is 131 cm³/mol. The smallest absolute Gasteiger partial charge is 0.276 e. The van der Waals surface area contributed by atoms with E-state index in [-0.39, 0.29) is 16.0 Å². The van der Waals surface area contributed by atoms with Crippen LogP contribution in [0.2, 0.25) is 0 Å². The largest absolute Gasteiger partial charge is 0.497 e. The molecule has 0 bridgehead atoms. The summed E-state index contributed by atoms with van der Waals surface area (Å²) < 4.78 is 41.8. The molecule has 1 amide bonds. The fourth-order valence-electron chi connectivity index (χ4n) is 3.29. The third kappa shape index (κ3) is 5.28. The van der Waals surface area contributed by atoms with Gasteiger partial charge in [-0.1, -0.05) is 35.9 Å². The van der Waals surface area contributed by atoms with Gasteiger partial charge in [-0.15, -0.1) is 5.10 Å². The molecule has 35 heavy (non-hydrogen) atoms. The van der Waals surface area contributed by atoms with Gasteiger partial charge in [0.25, 0.3) is 15.9 Å². The number of fused-ring (bicyclic) bond motifs is 1. The zero-order valence-electron chi connectivity index (χ0n) is 19.2. The van der Waals surface area contributed by atoms with E-state index in [1.54, 1.807) is 60.7 Å². The highest BCUT2D eigenvalue weighted by atomic mass is 32.2. The molecule has 180 valence electrons. The molecule has 0 radical (unpaired) electrons. The van der Waals surface area contributed by atoms with E-state index in [1.807, 2.05) is 6.92 Å². The minimum absolute atomic E-state index is 0.0141. The van der Waals surface area contributed by atoms with Crippen LogP contribution in [0.4, 0.5) is 5.69 Å². The molecule has 1 aromatic heterocycles. The number of hydrogen-bond acceptors (Lipinski definition) is 7. The average molecular weight is 494 g/mol. The van der Waals surface area contributed by atoms with Crippen LogP contribution in [-0.4, -0.2) is 28.5 Å². The van der Waals surface area contributed by atoms with Crippen LogP contribution in [0.3, 0.4) is 0 Å². The maximum absolute atomic E-state index is 13.3. The van der Waals surface area contributed by atoms with Crippen molar-refractivity contribution >= 4 is 32.6 Å². The summed E-state index contributed by atoms with van der Waals surface area (Å²) in [5.74, 6) is 0.342. The molecule has 0 atom stereocenters. The van der Waals surface area contributed by atoms with Crippen LogP contribution >= 0.6 is 0 Å². The molecule has 1 heterocycles. The fourth-order valence-corrected chi connectivity index (χ4v) is 4.09. The summed E-state index contributed by atoms with van der Waals surface area (Å²) in [6.45, 7) is 1.85. The van der Waals surface area contributed by atoms with E-state index in [2.05, 4.69) is 15.2 Å². The maximum Gasteiger partial charge on any atom is 0.276 e. The highest BCUT2D eigenvalue weighted by Gasteiger charge is 2.17. The maximum atomic E-state index is 13.3. The summed E-state index contributed by atoms with van der Waals surface area (Å²) in [5.41, 5.74) is 1.50. The number of hydrogen-bond donors (Lipinski definition) is 2. The normalized spacial score (nSPS) is 11.8. The zero-order chi connectivity index (χ0) is 25.0. The molecule has 3 aromatic carbocycles. The van der Waals surface area contributed by atoms with E-state index in [9.17, 15) is 13.2 Å². The number of nitrogens with one attached hydrogen (secondary N) is 2. The molecular weight excluding hydrogens is 470 g/mol. The number of ether oxygens (including phenoxy) is 2. The van der Waals surface area contributed by atoms with E-state index in [4.69, 9.17) is 13.9 Å². The van der Waals surface area contributed by atoms with Gasteiger partial charge in [-0.3, -0.25) is 4.79 Å². The summed E-state index contributed by atoms with van der Waals surface area (Å²) in [4.78, 5) is 15.5. The molecule has 2 N–H and O–H groups in total. The highest BCUT2D eigenvalue weighted by Crippen LogP contribution is 2.29. The SMILES string of the molecule is COc1ccc(OC)c(NC(=O)c2cc3ccccc3oc2=NNS(=O)(=O)c2ccc(C)cc2)c1. The van der Waals surface area contributed by atoms with Gasteiger partial charge in [-0.25, -0.2) is 0 Å². The first-order chi connectivity index (χ1) is 16.8. The number of nitrogens with zero attached hydrogens (tertiary/aromatic N) is 1. The topological polar surface area (TPSA) is 119 Å². The number of anilines is 1. The van der Waals surface area contributed by atoms with E-state index in [0.29, 0.717) is 28.2 Å². The molecule has 4 aromatic rings. The second-order valence-corrected chi connectivity index (χ2v) is 9.20. The van der Waals surface area contributed by atoms with Crippen molar-refractivity contribution in [3.63, 3.8) is 0 Å². The van der Waals surface area contributed by atoms with Crippen LogP contribution in [0.5, 0.6) is 11.5 Å². The summed E-state index contributed by atoms with van der Waals surface area (Å²) in [7, 11) is -1.01. The van der Waals surface area contributed by atoms with Gasteiger partial charge < -0.3 is 19.2 Å². The predicted octanol–water partition coefficient (Wildman–Crippen LogP) is 3.80. The van der Waals surface area contributed by atoms with Crippen molar-refractivity contribution in [1.82, 2.24) is 4.83 Å². The van der Waals surface area contributed by atoms with Crippen LogP contribution in [0, 0.1) is 6.92 Å². The monoisotopic (exact) mass is 493 g/mol. The Morgan fingerprint density at radius 1 is 0.943 bits per heavy atom. The molecule has 9 nitrogen and oxygen atoms in total. The first-order valence-electron chi connectivity index (χ1n) is 10.5. The van der Waals surface area contributed by atoms with Crippen molar-refractivity contribution in [1.29, 1.82) is 0 Å². The van der Waals surface area contributed by atoms with Gasteiger partial charge in [0.15, 0.2) is 0 Å². The second-order valence-electron chi connectivity index (χ2n) is 7.54. The van der Waals surface area contributed by atoms with E-state index in [1.165, 1.54) is 26.4 Å². The van der Waals surface area contributed by atoms with Gasteiger partial charge >= 0.3 is 0 Å². The Hall–Kier alpha value is -4.31. The average Bonchev–Trinajstić information content (AvgIpc) is 2.87. The van der Waals surface area contributed by atoms with Gasteiger partial charge in [-0.2, -0.15) is 13.2 Å². The lowest BCUT2D eigenvalue weighted by atomic mass is 10.1. The Bertz CT molecular complexity index is 1560. The first-order valence-corrected chi connectivity index (χ1v) is 12.0. The van der Waals surface area contributed by atoms with E-state index in [0.717, 1.165) is 5.56 Å². The molecular formula is C25H23N3O6S. The minimum Gasteiger partial charge on any atom is -0.497 e. The number of aryl methyl sites for hydroxylation is 1.